The van der Waals surface area contributed by atoms with E-state index >= 15 is 0 Å². The first-order valence-electron chi connectivity index (χ1n) is 5.24. The van der Waals surface area contributed by atoms with Crippen molar-refractivity contribution in [3.05, 3.63) is 27.8 Å². The molecule has 0 radical (unpaired) electrons. The van der Waals surface area contributed by atoms with Crippen molar-refractivity contribution in [2.45, 2.75) is 6.42 Å². The molecule has 4 heteroatoms. The molecule has 1 heterocycles. The molecule has 1 unspecified atom stereocenters. The molecule has 1 aliphatic heterocycles. The number of Topliss-reactive ketones (excluding diaryl/α,β-unsaturated/α-hetero) is 1. The quantitative estimate of drug-likeness (QED) is 0.794. The minimum atomic E-state index is 0.0313. The Morgan fingerprint density at radius 3 is 2.81 bits per heavy atom. The lowest BCUT2D eigenvalue weighted by molar-refractivity contribution is -0.124. The average molecular weight is 332 g/mol. The summed E-state index contributed by atoms with van der Waals surface area (Å²) in [6.45, 7) is 1.39. The van der Waals surface area contributed by atoms with Gasteiger partial charge in [0.05, 0.1) is 6.61 Å². The smallest absolute Gasteiger partial charge is 0.175 e. The fraction of sp³-hybridized carbons (Fsp3) is 0.417. The predicted molar refractivity (Wildman–Crippen MR) is 68.6 cm³/mol. The highest BCUT2D eigenvalue weighted by Gasteiger charge is 2.23. The first kappa shape index (κ1) is 11.9. The van der Waals surface area contributed by atoms with E-state index < -0.39 is 0 Å². The Labute approximate surface area is 108 Å². The second kappa shape index (κ2) is 5.63. The lowest BCUT2D eigenvalue weighted by Crippen LogP contribution is -2.21. The van der Waals surface area contributed by atoms with Gasteiger partial charge in [-0.25, -0.2) is 0 Å². The number of carbonyl (C=O) groups is 1. The van der Waals surface area contributed by atoms with Crippen LogP contribution in [0.5, 0.6) is 5.75 Å². The fourth-order valence-corrected chi connectivity index (χ4v) is 1.95. The maximum atomic E-state index is 11.7. The second-order valence-corrected chi connectivity index (χ2v) is 5.02. The molecule has 1 aliphatic rings. The molecule has 16 heavy (non-hydrogen) atoms. The second-order valence-electron chi connectivity index (χ2n) is 3.77. The Hall–Kier alpha value is -0.620. The highest BCUT2D eigenvalue weighted by atomic mass is 127. The van der Waals surface area contributed by atoms with Crippen LogP contribution < -0.4 is 4.74 Å². The lowest BCUT2D eigenvalue weighted by atomic mass is 10.0. The fourth-order valence-electron chi connectivity index (χ4n) is 1.59. The summed E-state index contributed by atoms with van der Waals surface area (Å²) in [6.07, 6.45) is 0.828. The highest BCUT2D eigenvalue weighted by molar-refractivity contribution is 14.1. The Kier molecular flexibility index (Phi) is 4.17. The number of hydrogen-bond donors (Lipinski definition) is 0. The molecular formula is C12H13IO3. The number of ketones is 1. The van der Waals surface area contributed by atoms with Gasteiger partial charge >= 0.3 is 0 Å². The van der Waals surface area contributed by atoms with Crippen molar-refractivity contribution in [1.82, 2.24) is 0 Å². The lowest BCUT2D eigenvalue weighted by Gasteiger charge is -2.08. The molecule has 1 atom stereocenters. The molecule has 0 bridgehead atoms. The van der Waals surface area contributed by atoms with Gasteiger partial charge in [-0.2, -0.15) is 0 Å². The molecule has 1 fully saturated rings. The van der Waals surface area contributed by atoms with E-state index in [0.717, 1.165) is 15.7 Å². The van der Waals surface area contributed by atoms with Crippen LogP contribution in [0, 0.1) is 9.49 Å². The van der Waals surface area contributed by atoms with Crippen molar-refractivity contribution < 1.29 is 14.3 Å². The number of benzene rings is 1. The minimum Gasteiger partial charge on any atom is -0.486 e. The maximum absolute atomic E-state index is 11.7. The van der Waals surface area contributed by atoms with Gasteiger partial charge in [-0.05, 0) is 53.3 Å². The molecule has 0 aliphatic carbocycles. The summed E-state index contributed by atoms with van der Waals surface area (Å²) in [7, 11) is 0. The van der Waals surface area contributed by atoms with Gasteiger partial charge in [0.1, 0.15) is 12.4 Å². The van der Waals surface area contributed by atoms with Gasteiger partial charge in [0, 0.05) is 16.1 Å². The molecule has 2 rings (SSSR count). The number of ether oxygens (including phenoxy) is 2. The Bertz CT molecular complexity index is 355. The van der Waals surface area contributed by atoms with Crippen LogP contribution in [0.25, 0.3) is 0 Å². The molecular weight excluding hydrogens is 319 g/mol. The van der Waals surface area contributed by atoms with E-state index in [4.69, 9.17) is 9.47 Å². The predicted octanol–water partition coefficient (Wildman–Crippen LogP) is 2.28. The summed E-state index contributed by atoms with van der Waals surface area (Å²) in [5.41, 5.74) is 0. The van der Waals surface area contributed by atoms with Gasteiger partial charge in [-0.3, -0.25) is 4.79 Å². The largest absolute Gasteiger partial charge is 0.486 e. The Morgan fingerprint density at radius 2 is 2.19 bits per heavy atom. The monoisotopic (exact) mass is 332 g/mol. The zero-order chi connectivity index (χ0) is 11.4. The zero-order valence-electron chi connectivity index (χ0n) is 8.82. The maximum Gasteiger partial charge on any atom is 0.175 e. The molecule has 0 saturated carbocycles. The van der Waals surface area contributed by atoms with E-state index in [1.54, 1.807) is 0 Å². The van der Waals surface area contributed by atoms with Crippen LogP contribution in [-0.4, -0.2) is 25.6 Å². The van der Waals surface area contributed by atoms with Gasteiger partial charge in [-0.1, -0.05) is 0 Å². The molecule has 0 amide bonds. The summed E-state index contributed by atoms with van der Waals surface area (Å²) in [4.78, 5) is 11.7. The van der Waals surface area contributed by atoms with Crippen LogP contribution in [-0.2, 0) is 9.53 Å². The standard InChI is InChI=1S/C12H13IO3/c13-10-1-3-11(4-2-10)16-8-12(14)9-5-6-15-7-9/h1-4,9H,5-8H2. The average Bonchev–Trinajstić information content (AvgIpc) is 2.81. The SMILES string of the molecule is O=C(COc1ccc(I)cc1)C1CCOC1. The van der Waals surface area contributed by atoms with Crippen LogP contribution in [0.2, 0.25) is 0 Å². The zero-order valence-corrected chi connectivity index (χ0v) is 11.0. The van der Waals surface area contributed by atoms with Crippen molar-refractivity contribution in [3.63, 3.8) is 0 Å². The Morgan fingerprint density at radius 1 is 1.44 bits per heavy atom. The number of halogens is 1. The van der Waals surface area contributed by atoms with E-state index in [0.29, 0.717) is 13.2 Å². The first-order chi connectivity index (χ1) is 7.75. The van der Waals surface area contributed by atoms with E-state index in [2.05, 4.69) is 22.6 Å². The number of rotatable bonds is 4. The van der Waals surface area contributed by atoms with E-state index in [-0.39, 0.29) is 18.3 Å². The topological polar surface area (TPSA) is 35.5 Å². The molecule has 0 spiro atoms. The van der Waals surface area contributed by atoms with Gasteiger partial charge in [0.2, 0.25) is 0 Å². The Balaban J connectivity index is 1.82. The van der Waals surface area contributed by atoms with Crippen molar-refractivity contribution >= 4 is 28.4 Å². The minimum absolute atomic E-state index is 0.0313. The van der Waals surface area contributed by atoms with E-state index in [1.165, 1.54) is 0 Å². The highest BCUT2D eigenvalue weighted by Crippen LogP contribution is 2.16. The number of hydrogen-bond acceptors (Lipinski definition) is 3. The van der Waals surface area contributed by atoms with Crippen molar-refractivity contribution in [3.8, 4) is 5.75 Å². The third kappa shape index (κ3) is 3.18. The van der Waals surface area contributed by atoms with Gasteiger partial charge in [0.15, 0.2) is 5.78 Å². The first-order valence-corrected chi connectivity index (χ1v) is 6.32. The summed E-state index contributed by atoms with van der Waals surface area (Å²) >= 11 is 2.23. The van der Waals surface area contributed by atoms with Gasteiger partial charge in [-0.15, -0.1) is 0 Å². The van der Waals surface area contributed by atoms with E-state index in [1.807, 2.05) is 24.3 Å². The summed E-state index contributed by atoms with van der Waals surface area (Å²) in [5, 5.41) is 0. The normalized spacial score (nSPS) is 19.7. The molecule has 1 aromatic rings. The van der Waals surface area contributed by atoms with Crippen molar-refractivity contribution in [2.24, 2.45) is 5.92 Å². The van der Waals surface area contributed by atoms with E-state index in [9.17, 15) is 4.79 Å². The summed E-state index contributed by atoms with van der Waals surface area (Å²) in [6, 6.07) is 7.67. The van der Waals surface area contributed by atoms with Crippen LogP contribution in [0.1, 0.15) is 6.42 Å². The van der Waals surface area contributed by atoms with Crippen LogP contribution >= 0.6 is 22.6 Å². The molecule has 1 aromatic carbocycles. The molecule has 0 aromatic heterocycles. The number of carbonyl (C=O) groups excluding carboxylic acids is 1. The molecule has 0 N–H and O–H groups in total. The molecule has 3 nitrogen and oxygen atoms in total. The van der Waals surface area contributed by atoms with Crippen molar-refractivity contribution in [2.75, 3.05) is 19.8 Å². The molecule has 86 valence electrons. The third-order valence-corrected chi connectivity index (χ3v) is 3.30. The van der Waals surface area contributed by atoms with Crippen LogP contribution in [0.15, 0.2) is 24.3 Å². The third-order valence-electron chi connectivity index (χ3n) is 2.58. The van der Waals surface area contributed by atoms with Gasteiger partial charge < -0.3 is 9.47 Å². The van der Waals surface area contributed by atoms with Crippen molar-refractivity contribution in [1.29, 1.82) is 0 Å². The summed E-state index contributed by atoms with van der Waals surface area (Å²) in [5.74, 6) is 0.910. The molecule has 1 saturated heterocycles. The van der Waals surface area contributed by atoms with Crippen LogP contribution in [0.3, 0.4) is 0 Å². The summed E-state index contributed by atoms with van der Waals surface area (Å²) < 4.78 is 11.7. The van der Waals surface area contributed by atoms with Gasteiger partial charge in [0.25, 0.3) is 0 Å². The van der Waals surface area contributed by atoms with Crippen LogP contribution in [0.4, 0.5) is 0 Å².